The molecule has 0 spiro atoms. The van der Waals surface area contributed by atoms with Crippen molar-refractivity contribution >= 4 is 11.7 Å². The molecule has 2 aromatic heterocycles. The van der Waals surface area contributed by atoms with Gasteiger partial charge in [-0.2, -0.15) is 0 Å². The molecule has 1 aliphatic heterocycles. The second-order valence-corrected chi connectivity index (χ2v) is 6.52. The van der Waals surface area contributed by atoms with Gasteiger partial charge >= 0.3 is 0 Å². The summed E-state index contributed by atoms with van der Waals surface area (Å²) in [6, 6.07) is 1.89. The number of anilines is 1. The number of aromatic nitrogens is 4. The minimum atomic E-state index is -0.996. The summed E-state index contributed by atoms with van der Waals surface area (Å²) in [5.41, 5.74) is 0.983. The Hall–Kier alpha value is -2.55. The van der Waals surface area contributed by atoms with E-state index >= 15 is 0 Å². The van der Waals surface area contributed by atoms with E-state index in [-0.39, 0.29) is 18.9 Å². The van der Waals surface area contributed by atoms with Gasteiger partial charge in [-0.1, -0.05) is 10.3 Å². The van der Waals surface area contributed by atoms with Crippen molar-refractivity contribution in [2.24, 2.45) is 0 Å². The molecule has 9 nitrogen and oxygen atoms in total. The SMILES string of the molecule is Cc1cc(N2CCC[C@](O)(CNC(=O)Cc3nonc3C)C2)ncn1. The third-order valence-electron chi connectivity index (χ3n) is 4.36. The van der Waals surface area contributed by atoms with Crippen LogP contribution in [0.2, 0.25) is 0 Å². The summed E-state index contributed by atoms with van der Waals surface area (Å²) < 4.78 is 4.59. The smallest absolute Gasteiger partial charge is 0.226 e. The number of rotatable bonds is 5. The zero-order chi connectivity index (χ0) is 17.9. The van der Waals surface area contributed by atoms with E-state index in [1.165, 1.54) is 6.33 Å². The van der Waals surface area contributed by atoms with Gasteiger partial charge in [0.2, 0.25) is 5.91 Å². The molecule has 2 aromatic rings. The van der Waals surface area contributed by atoms with Crippen LogP contribution in [-0.4, -0.2) is 56.5 Å². The fraction of sp³-hybridized carbons (Fsp3) is 0.562. The quantitative estimate of drug-likeness (QED) is 0.786. The van der Waals surface area contributed by atoms with Crippen LogP contribution in [0.1, 0.15) is 29.9 Å². The third kappa shape index (κ3) is 4.30. The van der Waals surface area contributed by atoms with E-state index in [0.717, 1.165) is 24.5 Å². The molecule has 0 aliphatic carbocycles. The first-order valence-corrected chi connectivity index (χ1v) is 8.26. The number of hydrogen-bond donors (Lipinski definition) is 2. The largest absolute Gasteiger partial charge is 0.386 e. The molecule has 134 valence electrons. The van der Waals surface area contributed by atoms with Gasteiger partial charge in [-0.15, -0.1) is 0 Å². The van der Waals surface area contributed by atoms with Crippen molar-refractivity contribution < 1.29 is 14.5 Å². The topological polar surface area (TPSA) is 117 Å². The van der Waals surface area contributed by atoms with Crippen molar-refractivity contribution in [1.29, 1.82) is 0 Å². The molecule has 9 heteroatoms. The molecule has 1 aliphatic rings. The lowest BCUT2D eigenvalue weighted by molar-refractivity contribution is -0.121. The Bertz CT molecular complexity index is 749. The molecule has 0 unspecified atom stereocenters. The average molecular weight is 346 g/mol. The van der Waals surface area contributed by atoms with Gasteiger partial charge in [0, 0.05) is 31.4 Å². The summed E-state index contributed by atoms with van der Waals surface area (Å²) in [4.78, 5) is 22.5. The summed E-state index contributed by atoms with van der Waals surface area (Å²) in [5, 5.41) is 21.0. The molecule has 25 heavy (non-hydrogen) atoms. The Kier molecular flexibility index (Phi) is 4.93. The molecule has 1 fully saturated rings. The summed E-state index contributed by atoms with van der Waals surface area (Å²) in [6.45, 7) is 5.04. The summed E-state index contributed by atoms with van der Waals surface area (Å²) in [7, 11) is 0. The van der Waals surface area contributed by atoms with Crippen LogP contribution in [0.15, 0.2) is 17.0 Å². The van der Waals surface area contributed by atoms with Crippen LogP contribution in [-0.2, 0) is 11.2 Å². The maximum absolute atomic E-state index is 12.1. The molecule has 1 amide bonds. The standard InChI is InChI=1S/C16H22N6O3/c1-11-6-14(19-10-18-11)22-5-3-4-16(24,9-22)8-17-15(23)7-13-12(2)20-25-21-13/h6,10,24H,3-5,7-9H2,1-2H3,(H,17,23)/t16-/m0/s1. The minimum absolute atomic E-state index is 0.0836. The number of carbonyl (C=O) groups excluding carboxylic acids is 1. The van der Waals surface area contributed by atoms with Gasteiger partial charge in [0.15, 0.2) is 0 Å². The fourth-order valence-electron chi connectivity index (χ4n) is 2.95. The summed E-state index contributed by atoms with van der Waals surface area (Å²) >= 11 is 0. The minimum Gasteiger partial charge on any atom is -0.386 e. The van der Waals surface area contributed by atoms with E-state index < -0.39 is 5.60 Å². The van der Waals surface area contributed by atoms with Crippen molar-refractivity contribution in [2.45, 2.75) is 38.7 Å². The van der Waals surface area contributed by atoms with Crippen LogP contribution in [0.5, 0.6) is 0 Å². The fourth-order valence-corrected chi connectivity index (χ4v) is 2.95. The molecular weight excluding hydrogens is 324 g/mol. The number of aliphatic hydroxyl groups is 1. The van der Waals surface area contributed by atoms with Gasteiger partial charge < -0.3 is 15.3 Å². The molecule has 0 radical (unpaired) electrons. The first-order valence-electron chi connectivity index (χ1n) is 8.26. The number of aryl methyl sites for hydroxylation is 2. The number of nitrogens with zero attached hydrogens (tertiary/aromatic N) is 5. The van der Waals surface area contributed by atoms with Gasteiger partial charge in [0.1, 0.15) is 23.5 Å². The van der Waals surface area contributed by atoms with Crippen LogP contribution >= 0.6 is 0 Å². The van der Waals surface area contributed by atoms with Crippen LogP contribution in [0.3, 0.4) is 0 Å². The molecule has 0 bridgehead atoms. The summed E-state index contributed by atoms with van der Waals surface area (Å²) in [5.74, 6) is 0.573. The third-order valence-corrected chi connectivity index (χ3v) is 4.36. The van der Waals surface area contributed by atoms with Crippen LogP contribution in [0.25, 0.3) is 0 Å². The molecule has 3 heterocycles. The lowest BCUT2D eigenvalue weighted by atomic mass is 9.92. The van der Waals surface area contributed by atoms with E-state index in [1.54, 1.807) is 6.92 Å². The Morgan fingerprint density at radius 2 is 2.24 bits per heavy atom. The summed E-state index contributed by atoms with van der Waals surface area (Å²) in [6.07, 6.45) is 3.05. The number of carbonyl (C=O) groups is 1. The molecule has 2 N–H and O–H groups in total. The first-order chi connectivity index (χ1) is 12.0. The molecule has 3 rings (SSSR count). The number of piperidine rings is 1. The lowest BCUT2D eigenvalue weighted by Gasteiger charge is -2.39. The number of β-amino-alcohol motifs (C(OH)–C–C–N with tert-alkyl or cyclic N) is 1. The number of hydrogen-bond acceptors (Lipinski definition) is 8. The molecular formula is C16H22N6O3. The maximum Gasteiger partial charge on any atom is 0.226 e. The molecule has 0 saturated carbocycles. The number of nitrogens with one attached hydrogen (secondary N) is 1. The number of amides is 1. The Labute approximate surface area is 145 Å². The zero-order valence-electron chi connectivity index (χ0n) is 14.4. The predicted molar refractivity (Wildman–Crippen MR) is 88.9 cm³/mol. The van der Waals surface area contributed by atoms with Crippen molar-refractivity contribution in [3.05, 3.63) is 29.5 Å². The Morgan fingerprint density at radius 3 is 2.96 bits per heavy atom. The highest BCUT2D eigenvalue weighted by Gasteiger charge is 2.34. The van der Waals surface area contributed by atoms with Crippen LogP contribution in [0.4, 0.5) is 5.82 Å². The second kappa shape index (κ2) is 7.14. The maximum atomic E-state index is 12.1. The van der Waals surface area contributed by atoms with E-state index in [4.69, 9.17) is 0 Å². The van der Waals surface area contributed by atoms with Crippen molar-refractivity contribution in [1.82, 2.24) is 25.6 Å². The van der Waals surface area contributed by atoms with Crippen molar-refractivity contribution in [2.75, 3.05) is 24.5 Å². The predicted octanol–water partition coefficient (Wildman–Crippen LogP) is 0.167. The van der Waals surface area contributed by atoms with E-state index in [1.807, 2.05) is 17.9 Å². The second-order valence-electron chi connectivity index (χ2n) is 6.52. The molecule has 0 aromatic carbocycles. The average Bonchev–Trinajstić information content (AvgIpc) is 2.98. The monoisotopic (exact) mass is 346 g/mol. The molecule has 1 atom stereocenters. The van der Waals surface area contributed by atoms with Crippen molar-refractivity contribution in [3.8, 4) is 0 Å². The highest BCUT2D eigenvalue weighted by Crippen LogP contribution is 2.24. The normalized spacial score (nSPS) is 20.5. The zero-order valence-corrected chi connectivity index (χ0v) is 14.4. The highest BCUT2D eigenvalue weighted by atomic mass is 16.6. The van der Waals surface area contributed by atoms with Crippen LogP contribution in [0, 0.1) is 13.8 Å². The Balaban J connectivity index is 1.57. The lowest BCUT2D eigenvalue weighted by Crippen LogP contribution is -2.54. The van der Waals surface area contributed by atoms with Gasteiger partial charge in [0.25, 0.3) is 0 Å². The van der Waals surface area contributed by atoms with Gasteiger partial charge in [0.05, 0.1) is 12.0 Å². The van der Waals surface area contributed by atoms with E-state index in [0.29, 0.717) is 24.4 Å². The first kappa shape index (κ1) is 17.3. The molecule has 1 saturated heterocycles. The van der Waals surface area contributed by atoms with Gasteiger partial charge in [-0.05, 0) is 26.7 Å². The van der Waals surface area contributed by atoms with E-state index in [2.05, 4.69) is 30.2 Å². The van der Waals surface area contributed by atoms with Crippen molar-refractivity contribution in [3.63, 3.8) is 0 Å². The van der Waals surface area contributed by atoms with E-state index in [9.17, 15) is 9.90 Å². The Morgan fingerprint density at radius 1 is 1.40 bits per heavy atom. The van der Waals surface area contributed by atoms with Crippen LogP contribution < -0.4 is 10.2 Å². The van der Waals surface area contributed by atoms with Gasteiger partial charge in [-0.25, -0.2) is 14.6 Å². The van der Waals surface area contributed by atoms with Gasteiger partial charge in [-0.3, -0.25) is 4.79 Å². The highest BCUT2D eigenvalue weighted by molar-refractivity contribution is 5.78.